The second kappa shape index (κ2) is 15.7. The van der Waals surface area contributed by atoms with Crippen molar-refractivity contribution >= 4 is 23.5 Å². The molecule has 0 aromatic rings. The van der Waals surface area contributed by atoms with Gasteiger partial charge in [0.15, 0.2) is 0 Å². The Balaban J connectivity index is -0.000000382. The van der Waals surface area contributed by atoms with E-state index in [-0.39, 0.29) is 11.6 Å². The van der Waals surface area contributed by atoms with Crippen molar-refractivity contribution < 1.29 is 56.0 Å². The Kier molecular flexibility index (Phi) is 17.5. The quantitative estimate of drug-likeness (QED) is 0.379. The minimum absolute atomic E-state index is 0.323. The van der Waals surface area contributed by atoms with Gasteiger partial charge < -0.3 is 19.8 Å². The summed E-state index contributed by atoms with van der Waals surface area (Å²) in [6.45, 7) is 20.8. The Labute approximate surface area is 197 Å². The molecule has 9 heteroatoms. The third-order valence-corrected chi connectivity index (χ3v) is 5.36. The Bertz CT molecular complexity index is 493. The van der Waals surface area contributed by atoms with E-state index in [1.165, 1.54) is 13.8 Å². The van der Waals surface area contributed by atoms with Crippen LogP contribution in [0.1, 0.15) is 83.1 Å². The van der Waals surface area contributed by atoms with Gasteiger partial charge in [-0.25, -0.2) is 0 Å². The van der Waals surface area contributed by atoms with Gasteiger partial charge in [-0.05, 0) is 24.7 Å². The van der Waals surface area contributed by atoms with Gasteiger partial charge in [0, 0.05) is 0 Å². The molecule has 0 aromatic heterocycles. The first kappa shape index (κ1) is 34.5. The van der Waals surface area contributed by atoms with Crippen LogP contribution < -0.4 is 10.2 Å². The van der Waals surface area contributed by atoms with E-state index in [9.17, 15) is 29.4 Å². The Morgan fingerprint density at radius 1 is 0.645 bits per heavy atom. The molecule has 2 atom stereocenters. The molecule has 0 aliphatic heterocycles. The molecule has 0 aromatic carbocycles. The van der Waals surface area contributed by atoms with E-state index in [0.717, 1.165) is 0 Å². The number of ketones is 2. The second-order valence-corrected chi connectivity index (χ2v) is 10.9. The van der Waals surface area contributed by atoms with E-state index < -0.39 is 54.5 Å². The number of hydrogen-bond donors (Lipinski definition) is 0. The predicted molar refractivity (Wildman–Crippen MR) is 110 cm³/mol. The summed E-state index contributed by atoms with van der Waals surface area (Å²) in [4.78, 5) is 42.5. The van der Waals surface area contributed by atoms with Crippen molar-refractivity contribution in [1.82, 2.24) is 0 Å². The molecule has 0 bridgehead atoms. The van der Waals surface area contributed by atoms with Crippen LogP contribution in [0, 0.1) is 22.7 Å². The normalized spacial score (nSPS) is 13.1. The van der Waals surface area contributed by atoms with Crippen molar-refractivity contribution in [3.63, 3.8) is 0 Å². The molecular formula is C22H40O8Ti. The summed E-state index contributed by atoms with van der Waals surface area (Å²) in [6.07, 6.45) is 0.646. The molecule has 0 aliphatic rings. The van der Waals surface area contributed by atoms with Crippen LogP contribution in [0.5, 0.6) is 0 Å². The molecule has 0 saturated carbocycles. The monoisotopic (exact) mass is 480 g/mol. The van der Waals surface area contributed by atoms with Crippen LogP contribution in [-0.4, -0.2) is 35.7 Å². The summed E-state index contributed by atoms with van der Waals surface area (Å²) in [7, 11) is 0. The van der Waals surface area contributed by atoms with Crippen molar-refractivity contribution in [3.8, 4) is 0 Å². The van der Waals surface area contributed by atoms with Crippen LogP contribution in [0.3, 0.4) is 0 Å². The van der Waals surface area contributed by atoms with Crippen LogP contribution in [0.4, 0.5) is 0 Å². The number of hydrogen-bond acceptors (Lipinski definition) is 8. The summed E-state index contributed by atoms with van der Waals surface area (Å²) in [5, 5.41) is 20.9. The van der Waals surface area contributed by atoms with E-state index in [2.05, 4.69) is 0 Å². The molecule has 0 radical (unpaired) electrons. The summed E-state index contributed by atoms with van der Waals surface area (Å²) in [6, 6.07) is 0. The molecule has 180 valence electrons. The maximum atomic E-state index is 10.8. The number of carboxylic acid groups (broad SMARTS) is 2. The van der Waals surface area contributed by atoms with Gasteiger partial charge >= 0.3 is 66.5 Å². The van der Waals surface area contributed by atoms with E-state index in [4.69, 9.17) is 6.64 Å². The number of Topliss-reactive ketones (excluding diaryl/α,β-unsaturated/α-hetero) is 2. The summed E-state index contributed by atoms with van der Waals surface area (Å²) >= 11 is -0.574. The fourth-order valence-corrected chi connectivity index (χ4v) is 3.17. The van der Waals surface area contributed by atoms with Gasteiger partial charge in [-0.3, -0.25) is 9.59 Å². The van der Waals surface area contributed by atoms with Crippen LogP contribution in [0.25, 0.3) is 0 Å². The molecule has 2 unspecified atom stereocenters. The average Bonchev–Trinajstić information content (AvgIpc) is 2.41. The van der Waals surface area contributed by atoms with Crippen molar-refractivity contribution in [2.75, 3.05) is 0 Å². The first-order valence-corrected chi connectivity index (χ1v) is 11.4. The first-order chi connectivity index (χ1) is 13.7. The maximum absolute atomic E-state index is 10.8. The second-order valence-electron chi connectivity index (χ2n) is 9.87. The van der Waals surface area contributed by atoms with Crippen LogP contribution in [0.2, 0.25) is 0 Å². The van der Waals surface area contributed by atoms with Gasteiger partial charge in [0.05, 0.1) is 23.8 Å². The molecule has 0 aliphatic carbocycles. The van der Waals surface area contributed by atoms with Crippen molar-refractivity contribution in [1.29, 1.82) is 0 Å². The fourth-order valence-electron chi connectivity index (χ4n) is 2.48. The van der Waals surface area contributed by atoms with Crippen LogP contribution in [-0.2, 0) is 45.7 Å². The number of rotatable bonds is 8. The molecular weight excluding hydrogens is 440 g/mol. The van der Waals surface area contributed by atoms with E-state index in [1.807, 2.05) is 27.7 Å². The summed E-state index contributed by atoms with van der Waals surface area (Å²) in [5.74, 6) is -5.27. The Hall–Kier alpha value is -1.09. The van der Waals surface area contributed by atoms with Gasteiger partial charge in [0.25, 0.3) is 0 Å². The molecule has 0 N–H and O–H groups in total. The van der Waals surface area contributed by atoms with Gasteiger partial charge in [-0.15, -0.1) is 0 Å². The molecule has 0 heterocycles. The third kappa shape index (κ3) is 19.3. The van der Waals surface area contributed by atoms with Crippen LogP contribution >= 0.6 is 0 Å². The average molecular weight is 480 g/mol. The number of aliphatic carboxylic acids is 2. The summed E-state index contributed by atoms with van der Waals surface area (Å²) < 4.78 is 10.5. The Morgan fingerprint density at radius 3 is 0.935 bits per heavy atom. The zero-order valence-corrected chi connectivity index (χ0v) is 22.6. The topological polar surface area (TPSA) is 133 Å². The van der Waals surface area contributed by atoms with Crippen molar-refractivity contribution in [2.45, 2.75) is 95.3 Å². The number of carbonyl (C=O) groups excluding carboxylic acids is 4. The molecule has 0 amide bonds. The van der Waals surface area contributed by atoms with Gasteiger partial charge in [-0.1, -0.05) is 41.5 Å². The molecule has 31 heavy (non-hydrogen) atoms. The van der Waals surface area contributed by atoms with Gasteiger partial charge in [0.2, 0.25) is 0 Å². The summed E-state index contributed by atoms with van der Waals surface area (Å²) in [5.41, 5.74) is -1.10. The number of carbonyl (C=O) groups is 4. The van der Waals surface area contributed by atoms with Crippen molar-refractivity contribution in [2.24, 2.45) is 22.7 Å². The van der Waals surface area contributed by atoms with Gasteiger partial charge in [-0.2, -0.15) is 0 Å². The fraction of sp³-hybridized carbons (Fsp3) is 0.818. The Morgan fingerprint density at radius 2 is 0.871 bits per heavy atom. The van der Waals surface area contributed by atoms with Crippen molar-refractivity contribution in [3.05, 3.63) is 0 Å². The minimum atomic E-state index is -1.29. The SMILES string of the molecule is CC(=O)C(C(=O)[O-])C(C)(C)C.CC(=O)C(C(=O)[O-])C(C)(C)C.CC(C)[O][Ti+2][O]C(C)C. The third-order valence-electron chi connectivity index (χ3n) is 3.58. The zero-order chi connectivity index (χ0) is 25.7. The predicted octanol–water partition coefficient (Wildman–Crippen LogP) is 1.72. The molecule has 0 saturated heterocycles. The van der Waals surface area contributed by atoms with Crippen LogP contribution in [0.15, 0.2) is 0 Å². The molecule has 0 rings (SSSR count). The zero-order valence-electron chi connectivity index (χ0n) is 21.1. The standard InChI is InChI=1S/2C8H14O3.2C3H7O.Ti/c2*1-5(9)6(7(10)11)8(2,3)4;2*1-3(2)4;/h2*6H,1-4H3,(H,10,11);2*3H,1-2H3;/q;;2*-1;+4/p-2. The molecule has 0 fully saturated rings. The van der Waals surface area contributed by atoms with E-state index in [0.29, 0.717) is 12.2 Å². The molecule has 8 nitrogen and oxygen atoms in total. The molecule has 0 spiro atoms. The van der Waals surface area contributed by atoms with E-state index >= 15 is 0 Å². The number of carboxylic acids is 2. The van der Waals surface area contributed by atoms with Gasteiger partial charge in [0.1, 0.15) is 11.6 Å². The first-order valence-electron chi connectivity index (χ1n) is 10.1. The van der Waals surface area contributed by atoms with E-state index in [1.54, 1.807) is 41.5 Å².